The van der Waals surface area contributed by atoms with Crippen molar-refractivity contribution in [1.82, 2.24) is 29.7 Å². The predicted molar refractivity (Wildman–Crippen MR) is 118 cm³/mol. The quantitative estimate of drug-likeness (QED) is 0.233. The molecule has 2 aromatic heterocycles. The van der Waals surface area contributed by atoms with Crippen molar-refractivity contribution in [2.24, 2.45) is 5.73 Å². The van der Waals surface area contributed by atoms with Gasteiger partial charge in [0, 0.05) is 19.1 Å². The summed E-state index contributed by atoms with van der Waals surface area (Å²) in [6.45, 7) is 2.44. The van der Waals surface area contributed by atoms with Crippen LogP contribution in [0.2, 0.25) is 0 Å². The molecule has 0 saturated carbocycles. The first kappa shape index (κ1) is 23.7. The molecule has 13 nitrogen and oxygen atoms in total. The van der Waals surface area contributed by atoms with Crippen LogP contribution in [0.5, 0.6) is 0 Å². The predicted octanol–water partition coefficient (Wildman–Crippen LogP) is -1.73. The number of imidazole rings is 1. The zero-order chi connectivity index (χ0) is 23.5. The highest BCUT2D eigenvalue weighted by molar-refractivity contribution is 5.81. The SMILES string of the molecule is Nc1ncnc2c1ncn2[C@@H]1O[C@H](CN(CCC2CCCN2)CCC(N)C(=O)O)[C@@H](O)[C@H]1O. The number of aromatic nitrogens is 4. The minimum absolute atomic E-state index is 0.213. The maximum Gasteiger partial charge on any atom is 0.320 e. The minimum atomic E-state index is -1.21. The molecule has 0 amide bonds. The number of nitrogens with one attached hydrogen (secondary N) is 1. The number of carboxylic acid groups (broad SMARTS) is 1. The number of carboxylic acids is 1. The van der Waals surface area contributed by atoms with Gasteiger partial charge in [-0.1, -0.05) is 0 Å². The Labute approximate surface area is 190 Å². The largest absolute Gasteiger partial charge is 0.480 e. The van der Waals surface area contributed by atoms with Crippen LogP contribution in [0.4, 0.5) is 5.82 Å². The summed E-state index contributed by atoms with van der Waals surface area (Å²) in [4.78, 5) is 25.5. The van der Waals surface area contributed by atoms with Gasteiger partial charge in [-0.3, -0.25) is 9.36 Å². The summed E-state index contributed by atoms with van der Waals surface area (Å²) in [5.41, 5.74) is 12.3. The number of fused-ring (bicyclic) bond motifs is 1. The highest BCUT2D eigenvalue weighted by Crippen LogP contribution is 2.32. The van der Waals surface area contributed by atoms with Crippen LogP contribution in [-0.4, -0.2) is 102 Å². The number of rotatable bonds is 10. The Morgan fingerprint density at radius 1 is 1.30 bits per heavy atom. The average Bonchev–Trinajstić information content (AvgIpc) is 3.52. The molecule has 13 heteroatoms. The van der Waals surface area contributed by atoms with Crippen molar-refractivity contribution in [2.75, 3.05) is 31.9 Å². The monoisotopic (exact) mass is 464 g/mol. The summed E-state index contributed by atoms with van der Waals surface area (Å²) in [5.74, 6) is -0.835. The number of nitrogen functional groups attached to an aromatic ring is 1. The van der Waals surface area contributed by atoms with Gasteiger partial charge >= 0.3 is 5.97 Å². The molecule has 8 N–H and O–H groups in total. The number of nitrogens with zero attached hydrogens (tertiary/aromatic N) is 5. The van der Waals surface area contributed by atoms with E-state index in [0.29, 0.717) is 36.8 Å². The van der Waals surface area contributed by atoms with E-state index in [4.69, 9.17) is 21.3 Å². The standard InChI is InChI=1S/C20H32N8O5/c21-12(20(31)32)4-7-27(6-3-11-2-1-5-23-11)8-13-15(29)16(30)19(33-13)28-10-26-14-17(22)24-9-25-18(14)28/h9-13,15-16,19,23,29-30H,1-8,21H2,(H,31,32)(H2,22,24,25)/t11?,12?,13-,15-,16-,19-/m1/s1. The molecule has 2 unspecified atom stereocenters. The van der Waals surface area contributed by atoms with Crippen LogP contribution in [0.3, 0.4) is 0 Å². The molecule has 2 aliphatic rings. The summed E-state index contributed by atoms with van der Waals surface area (Å²) < 4.78 is 7.59. The van der Waals surface area contributed by atoms with E-state index >= 15 is 0 Å². The van der Waals surface area contributed by atoms with Gasteiger partial charge in [0.15, 0.2) is 17.7 Å². The lowest BCUT2D eigenvalue weighted by Crippen LogP contribution is -2.43. The van der Waals surface area contributed by atoms with E-state index in [1.54, 1.807) is 0 Å². The molecule has 6 atom stereocenters. The lowest BCUT2D eigenvalue weighted by molar-refractivity contribution is -0.138. The smallest absolute Gasteiger partial charge is 0.320 e. The summed E-state index contributed by atoms with van der Waals surface area (Å²) in [5, 5.41) is 34.0. The zero-order valence-corrected chi connectivity index (χ0v) is 18.3. The number of aliphatic hydroxyl groups is 2. The van der Waals surface area contributed by atoms with Crippen molar-refractivity contribution in [3.63, 3.8) is 0 Å². The van der Waals surface area contributed by atoms with E-state index in [1.807, 2.05) is 4.90 Å². The first-order valence-electron chi connectivity index (χ1n) is 11.2. The molecule has 33 heavy (non-hydrogen) atoms. The first-order chi connectivity index (χ1) is 15.8. The van der Waals surface area contributed by atoms with Crippen molar-refractivity contribution in [2.45, 2.75) is 62.3 Å². The van der Waals surface area contributed by atoms with E-state index in [1.165, 1.54) is 17.2 Å². The number of aliphatic carboxylic acids is 1. The molecule has 0 radical (unpaired) electrons. The fourth-order valence-corrected chi connectivity index (χ4v) is 4.50. The van der Waals surface area contributed by atoms with Gasteiger partial charge in [0.1, 0.15) is 36.2 Å². The molecule has 0 spiro atoms. The number of ether oxygens (including phenoxy) is 1. The number of anilines is 1. The summed E-state index contributed by atoms with van der Waals surface area (Å²) >= 11 is 0. The molecule has 2 aliphatic heterocycles. The third kappa shape index (κ3) is 5.23. The molecule has 4 rings (SSSR count). The van der Waals surface area contributed by atoms with Crippen molar-refractivity contribution in [1.29, 1.82) is 0 Å². The summed E-state index contributed by atoms with van der Waals surface area (Å²) in [6.07, 6.45) is 2.20. The van der Waals surface area contributed by atoms with Crippen LogP contribution >= 0.6 is 0 Å². The Balaban J connectivity index is 1.45. The molecule has 2 saturated heterocycles. The number of carbonyl (C=O) groups is 1. The van der Waals surface area contributed by atoms with E-state index in [-0.39, 0.29) is 12.2 Å². The lowest BCUT2D eigenvalue weighted by atomic mass is 10.1. The van der Waals surface area contributed by atoms with E-state index in [9.17, 15) is 15.0 Å². The van der Waals surface area contributed by atoms with E-state index in [2.05, 4.69) is 20.3 Å². The van der Waals surface area contributed by atoms with Crippen LogP contribution in [-0.2, 0) is 9.53 Å². The molecular formula is C20H32N8O5. The Morgan fingerprint density at radius 2 is 2.12 bits per heavy atom. The minimum Gasteiger partial charge on any atom is -0.480 e. The maximum absolute atomic E-state index is 11.1. The average molecular weight is 465 g/mol. The van der Waals surface area contributed by atoms with Crippen LogP contribution in [0, 0.1) is 0 Å². The Morgan fingerprint density at radius 3 is 2.85 bits per heavy atom. The molecule has 182 valence electrons. The topological polar surface area (TPSA) is 198 Å². The Kier molecular flexibility index (Phi) is 7.36. The molecular weight excluding hydrogens is 432 g/mol. The number of hydrogen-bond donors (Lipinski definition) is 6. The van der Waals surface area contributed by atoms with Crippen molar-refractivity contribution < 1.29 is 24.9 Å². The molecule has 0 aliphatic carbocycles. The van der Waals surface area contributed by atoms with Gasteiger partial charge in [-0.2, -0.15) is 0 Å². The first-order valence-corrected chi connectivity index (χ1v) is 11.2. The van der Waals surface area contributed by atoms with E-state index in [0.717, 1.165) is 25.8 Å². The maximum atomic E-state index is 11.1. The Hall–Kier alpha value is -2.42. The lowest BCUT2D eigenvalue weighted by Gasteiger charge is -2.28. The van der Waals surface area contributed by atoms with Gasteiger partial charge < -0.3 is 41.7 Å². The van der Waals surface area contributed by atoms with E-state index < -0.39 is 36.6 Å². The van der Waals surface area contributed by atoms with Crippen molar-refractivity contribution in [3.8, 4) is 0 Å². The van der Waals surface area contributed by atoms with Gasteiger partial charge in [0.2, 0.25) is 0 Å². The van der Waals surface area contributed by atoms with Crippen molar-refractivity contribution in [3.05, 3.63) is 12.7 Å². The number of hydrogen-bond acceptors (Lipinski definition) is 11. The zero-order valence-electron chi connectivity index (χ0n) is 18.3. The second-order valence-corrected chi connectivity index (χ2v) is 8.75. The molecule has 0 aromatic carbocycles. The fourth-order valence-electron chi connectivity index (χ4n) is 4.50. The van der Waals surface area contributed by atoms with Crippen LogP contribution in [0.1, 0.15) is 31.9 Å². The fraction of sp³-hybridized carbons (Fsp3) is 0.700. The van der Waals surface area contributed by atoms with Crippen LogP contribution < -0.4 is 16.8 Å². The molecule has 2 fully saturated rings. The van der Waals surface area contributed by atoms with Crippen LogP contribution in [0.15, 0.2) is 12.7 Å². The Bertz CT molecular complexity index is 952. The highest BCUT2D eigenvalue weighted by atomic mass is 16.6. The van der Waals surface area contributed by atoms with Crippen LogP contribution in [0.25, 0.3) is 11.2 Å². The summed E-state index contributed by atoms with van der Waals surface area (Å²) in [6, 6.07) is -0.553. The number of nitrogens with two attached hydrogens (primary N) is 2. The van der Waals surface area contributed by atoms with Gasteiger partial charge in [-0.25, -0.2) is 15.0 Å². The highest BCUT2D eigenvalue weighted by Gasteiger charge is 2.45. The van der Waals surface area contributed by atoms with Gasteiger partial charge in [-0.15, -0.1) is 0 Å². The summed E-state index contributed by atoms with van der Waals surface area (Å²) in [7, 11) is 0. The molecule has 0 bridgehead atoms. The van der Waals surface area contributed by atoms with Gasteiger partial charge in [0.05, 0.1) is 6.33 Å². The number of aliphatic hydroxyl groups excluding tert-OH is 2. The third-order valence-electron chi connectivity index (χ3n) is 6.47. The van der Waals surface area contributed by atoms with Gasteiger partial charge in [0.25, 0.3) is 0 Å². The second kappa shape index (κ2) is 10.2. The molecule has 2 aromatic rings. The van der Waals surface area contributed by atoms with Gasteiger partial charge in [-0.05, 0) is 38.8 Å². The normalized spacial score (nSPS) is 28.7. The second-order valence-electron chi connectivity index (χ2n) is 8.75. The van der Waals surface area contributed by atoms with Crippen molar-refractivity contribution >= 4 is 23.0 Å². The third-order valence-corrected chi connectivity index (χ3v) is 6.47. The molecule has 4 heterocycles.